The third-order valence-corrected chi connectivity index (χ3v) is 4.35. The smallest absolute Gasteiger partial charge is 0.351 e. The Morgan fingerprint density at radius 2 is 2.05 bits per heavy atom. The van der Waals surface area contributed by atoms with Crippen molar-refractivity contribution >= 4 is 45.9 Å². The number of nitrogens with one attached hydrogen (secondary N) is 1. The number of para-hydroxylation sites is 1. The van der Waals surface area contributed by atoms with E-state index in [-0.39, 0.29) is 22.3 Å². The minimum absolute atomic E-state index is 0.0243. The first kappa shape index (κ1) is 14.2. The third kappa shape index (κ3) is 2.34. The van der Waals surface area contributed by atoms with Crippen molar-refractivity contribution < 1.29 is 14.3 Å². The fraction of sp³-hybridized carbons (Fsp3) is 0.200. The van der Waals surface area contributed by atoms with Crippen LogP contribution in [0.5, 0.6) is 0 Å². The molecule has 1 N–H and O–H groups in total. The van der Waals surface area contributed by atoms with Crippen molar-refractivity contribution in [1.29, 1.82) is 0 Å². The molecule has 0 saturated heterocycles. The fourth-order valence-corrected chi connectivity index (χ4v) is 2.87. The number of H-pyrrole nitrogens is 1. The summed E-state index contributed by atoms with van der Waals surface area (Å²) in [7, 11) is 0. The number of Topliss-reactive ketones (excluding diaryl/α,β-unsaturated/α-hetero) is 1. The quantitative estimate of drug-likeness (QED) is 0.692. The number of hydrogen-bond acceptors (Lipinski definition) is 3. The number of cyclic esters (lactones) is 1. The molecule has 4 nitrogen and oxygen atoms in total. The number of aromatic amines is 1. The van der Waals surface area contributed by atoms with Gasteiger partial charge < -0.3 is 9.72 Å². The van der Waals surface area contributed by atoms with E-state index in [0.29, 0.717) is 5.56 Å². The molecular weight excluding hydrogens is 313 g/mol. The van der Waals surface area contributed by atoms with Gasteiger partial charge >= 0.3 is 5.97 Å². The lowest BCUT2D eigenvalue weighted by atomic mass is 10.0. The first-order valence-corrected chi connectivity index (χ1v) is 7.11. The molecule has 0 amide bonds. The maximum Gasteiger partial charge on any atom is 0.351 e. The van der Waals surface area contributed by atoms with Crippen molar-refractivity contribution in [2.24, 2.45) is 0 Å². The highest BCUT2D eigenvalue weighted by Crippen LogP contribution is 2.32. The van der Waals surface area contributed by atoms with Crippen LogP contribution in [0.3, 0.4) is 0 Å². The molecule has 3 rings (SSSR count). The Morgan fingerprint density at radius 3 is 2.71 bits per heavy atom. The predicted molar refractivity (Wildman–Crippen MR) is 80.6 cm³/mol. The van der Waals surface area contributed by atoms with Crippen LogP contribution in [0.15, 0.2) is 34.3 Å². The molecule has 0 saturated carbocycles. The monoisotopic (exact) mass is 323 g/mol. The number of benzene rings is 1. The number of fused-ring (bicyclic) bond motifs is 1. The van der Waals surface area contributed by atoms with Crippen molar-refractivity contribution in [1.82, 2.24) is 4.98 Å². The van der Waals surface area contributed by atoms with Crippen molar-refractivity contribution in [3.8, 4) is 0 Å². The zero-order chi connectivity index (χ0) is 15.1. The fourth-order valence-electron chi connectivity index (χ4n) is 2.51. The second-order valence-electron chi connectivity index (χ2n) is 4.85. The number of carbonyl (C=O) groups excluding carboxylic acids is 2. The molecule has 1 aliphatic rings. The highest BCUT2D eigenvalue weighted by atomic mass is 35.5. The molecule has 1 aliphatic heterocycles. The molecule has 2 aromatic rings. The summed E-state index contributed by atoms with van der Waals surface area (Å²) < 4.78 is 5.00. The van der Waals surface area contributed by atoms with Gasteiger partial charge in [0, 0.05) is 22.2 Å². The van der Waals surface area contributed by atoms with Gasteiger partial charge in [-0.15, -0.1) is 0 Å². The summed E-state index contributed by atoms with van der Waals surface area (Å²) in [6.07, 6.45) is -0.823. The van der Waals surface area contributed by atoms with E-state index in [4.69, 9.17) is 27.9 Å². The first-order valence-electron chi connectivity index (χ1n) is 6.35. The maximum absolute atomic E-state index is 12.5. The van der Waals surface area contributed by atoms with Crippen LogP contribution in [0.1, 0.15) is 22.5 Å². The van der Waals surface area contributed by atoms with Crippen molar-refractivity contribution in [2.75, 3.05) is 0 Å². The minimum atomic E-state index is -0.799. The molecule has 108 valence electrons. The summed E-state index contributed by atoms with van der Waals surface area (Å²) in [5, 5.41) is 0.785. The number of hydrogen-bond donors (Lipinski definition) is 1. The molecule has 1 atom stereocenters. The largest absolute Gasteiger partial charge is 0.452 e. The van der Waals surface area contributed by atoms with Crippen molar-refractivity contribution in [3.63, 3.8) is 0 Å². The van der Waals surface area contributed by atoms with E-state index < -0.39 is 12.1 Å². The second-order valence-corrected chi connectivity index (χ2v) is 5.64. The van der Waals surface area contributed by atoms with Gasteiger partial charge in [0.15, 0.2) is 5.78 Å². The van der Waals surface area contributed by atoms with Gasteiger partial charge in [-0.1, -0.05) is 41.4 Å². The van der Waals surface area contributed by atoms with Crippen LogP contribution in [0.25, 0.3) is 10.9 Å². The number of halogens is 2. The lowest BCUT2D eigenvalue weighted by Gasteiger charge is -2.09. The van der Waals surface area contributed by atoms with E-state index in [2.05, 4.69) is 4.98 Å². The molecule has 0 aliphatic carbocycles. The van der Waals surface area contributed by atoms with E-state index >= 15 is 0 Å². The zero-order valence-electron chi connectivity index (χ0n) is 11.1. The Balaban J connectivity index is 1.92. The van der Waals surface area contributed by atoms with Crippen molar-refractivity contribution in [2.45, 2.75) is 19.4 Å². The standard InChI is InChI=1S/C15H11Cl2NO3/c1-7-12(8-4-2-3-5-9(8)18-7)10(19)6-11-13(16)14(17)15(20)21-11/h2-5,11,18H,6H2,1H3/t11-/m1/s1. The highest BCUT2D eigenvalue weighted by molar-refractivity contribution is 6.48. The van der Waals surface area contributed by atoms with Gasteiger partial charge in [-0.05, 0) is 13.0 Å². The number of aryl methyl sites for hydroxylation is 1. The molecule has 0 unspecified atom stereocenters. The molecule has 21 heavy (non-hydrogen) atoms. The van der Waals surface area contributed by atoms with Crippen LogP contribution in [-0.4, -0.2) is 22.8 Å². The summed E-state index contributed by atoms with van der Waals surface area (Å²) in [6, 6.07) is 7.53. The van der Waals surface area contributed by atoms with Crippen LogP contribution in [-0.2, 0) is 9.53 Å². The molecule has 2 heterocycles. The van der Waals surface area contributed by atoms with Crippen molar-refractivity contribution in [3.05, 3.63) is 45.6 Å². The minimum Gasteiger partial charge on any atom is -0.452 e. The average Bonchev–Trinajstić information content (AvgIpc) is 2.90. The molecule has 1 aromatic carbocycles. The Kier molecular flexibility index (Phi) is 3.51. The Labute approximate surface area is 130 Å². The van der Waals surface area contributed by atoms with Crippen LogP contribution < -0.4 is 0 Å². The predicted octanol–water partition coefficient (Wildman–Crippen LogP) is 3.66. The number of carbonyl (C=O) groups is 2. The molecule has 0 spiro atoms. The second kappa shape index (κ2) is 5.20. The Hall–Kier alpha value is -1.78. The topological polar surface area (TPSA) is 59.2 Å². The van der Waals surface area contributed by atoms with Crippen LogP contribution in [0.4, 0.5) is 0 Å². The highest BCUT2D eigenvalue weighted by Gasteiger charge is 2.34. The van der Waals surface area contributed by atoms with E-state index in [1.165, 1.54) is 0 Å². The number of aromatic nitrogens is 1. The SMILES string of the molecule is Cc1[nH]c2ccccc2c1C(=O)C[C@H]1OC(=O)C(Cl)=C1Cl. The van der Waals surface area contributed by atoms with Crippen LogP contribution >= 0.6 is 23.2 Å². The van der Waals surface area contributed by atoms with Gasteiger partial charge in [0.25, 0.3) is 0 Å². The lowest BCUT2D eigenvalue weighted by molar-refractivity contribution is -0.138. The molecule has 6 heteroatoms. The normalized spacial score (nSPS) is 18.4. The summed E-state index contributed by atoms with van der Waals surface area (Å²) in [5.41, 5.74) is 2.26. The summed E-state index contributed by atoms with van der Waals surface area (Å²) in [6.45, 7) is 1.83. The third-order valence-electron chi connectivity index (χ3n) is 3.46. The van der Waals surface area contributed by atoms with E-state index in [9.17, 15) is 9.59 Å². The molecular formula is C15H11Cl2NO3. The number of esters is 1. The van der Waals surface area contributed by atoms with Gasteiger partial charge in [0.05, 0.1) is 11.5 Å². The van der Waals surface area contributed by atoms with E-state index in [1.807, 2.05) is 31.2 Å². The summed E-state index contributed by atoms with van der Waals surface area (Å²) in [5.74, 6) is -0.831. The van der Waals surface area contributed by atoms with Gasteiger partial charge in [-0.25, -0.2) is 4.79 Å². The van der Waals surface area contributed by atoms with Gasteiger partial charge in [0.2, 0.25) is 0 Å². The van der Waals surface area contributed by atoms with Gasteiger partial charge in [-0.3, -0.25) is 4.79 Å². The first-order chi connectivity index (χ1) is 9.99. The maximum atomic E-state index is 12.5. The number of ether oxygens (including phenoxy) is 1. The van der Waals surface area contributed by atoms with E-state index in [0.717, 1.165) is 16.6 Å². The number of rotatable bonds is 3. The number of ketones is 1. The summed E-state index contributed by atoms with van der Waals surface area (Å²) in [4.78, 5) is 27.0. The van der Waals surface area contributed by atoms with Gasteiger partial charge in [-0.2, -0.15) is 0 Å². The molecule has 0 bridgehead atoms. The zero-order valence-corrected chi connectivity index (χ0v) is 12.6. The Morgan fingerprint density at radius 1 is 1.33 bits per heavy atom. The molecule has 1 aromatic heterocycles. The summed E-state index contributed by atoms with van der Waals surface area (Å²) >= 11 is 11.6. The molecule has 0 radical (unpaired) electrons. The van der Waals surface area contributed by atoms with E-state index in [1.54, 1.807) is 0 Å². The van der Waals surface area contributed by atoms with Gasteiger partial charge in [0.1, 0.15) is 11.1 Å². The lowest BCUT2D eigenvalue weighted by Crippen LogP contribution is -2.16. The average molecular weight is 324 g/mol. The molecule has 0 fully saturated rings. The Bertz CT molecular complexity index is 791. The van der Waals surface area contributed by atoms with Crippen LogP contribution in [0, 0.1) is 6.92 Å². The van der Waals surface area contributed by atoms with Crippen LogP contribution in [0.2, 0.25) is 0 Å².